The molecule has 0 saturated heterocycles. The zero-order valence-corrected chi connectivity index (χ0v) is 15.9. The van der Waals surface area contributed by atoms with Crippen LogP contribution in [0.25, 0.3) is 0 Å². The lowest BCUT2D eigenvalue weighted by molar-refractivity contribution is 0.0936. The van der Waals surface area contributed by atoms with Crippen LogP contribution >= 0.6 is 0 Å². The van der Waals surface area contributed by atoms with Gasteiger partial charge in [0.05, 0.1) is 30.7 Å². The molecule has 2 aromatic carbocycles. The summed E-state index contributed by atoms with van der Waals surface area (Å²) in [6, 6.07) is 9.17. The Morgan fingerprint density at radius 3 is 2.27 bits per heavy atom. The number of carbonyl (C=O) groups excluding carboxylic acids is 1. The lowest BCUT2D eigenvalue weighted by Gasteiger charge is -2.19. The number of nitrogens with one attached hydrogen (secondary N) is 1. The van der Waals surface area contributed by atoms with Gasteiger partial charge in [0.15, 0.2) is 0 Å². The van der Waals surface area contributed by atoms with E-state index in [9.17, 15) is 13.2 Å². The molecule has 0 aromatic heterocycles. The van der Waals surface area contributed by atoms with Crippen molar-refractivity contribution >= 4 is 15.9 Å². The van der Waals surface area contributed by atoms with Gasteiger partial charge in [0.25, 0.3) is 5.91 Å². The predicted octanol–water partition coefficient (Wildman–Crippen LogP) is 2.15. The fourth-order valence-corrected chi connectivity index (χ4v) is 3.13. The van der Waals surface area contributed by atoms with E-state index in [1.165, 1.54) is 25.3 Å². The lowest BCUT2D eigenvalue weighted by atomic mass is 10.0. The molecule has 0 aliphatic heterocycles. The van der Waals surface area contributed by atoms with Crippen LogP contribution in [0.1, 0.15) is 34.5 Å². The van der Waals surface area contributed by atoms with Gasteiger partial charge in [-0.2, -0.15) is 0 Å². The van der Waals surface area contributed by atoms with Crippen LogP contribution in [0.5, 0.6) is 11.5 Å². The van der Waals surface area contributed by atoms with Crippen LogP contribution in [0.4, 0.5) is 0 Å². The molecule has 0 heterocycles. The molecule has 0 fully saturated rings. The van der Waals surface area contributed by atoms with Crippen LogP contribution < -0.4 is 19.9 Å². The number of methoxy groups -OCH3 is 2. The highest BCUT2D eigenvalue weighted by Crippen LogP contribution is 2.27. The third-order valence-corrected chi connectivity index (χ3v) is 4.85. The number of nitrogens with two attached hydrogens (primary N) is 1. The van der Waals surface area contributed by atoms with Gasteiger partial charge in [-0.15, -0.1) is 0 Å². The van der Waals surface area contributed by atoms with Gasteiger partial charge >= 0.3 is 0 Å². The molecule has 140 valence electrons. The Hall–Kier alpha value is -2.58. The van der Waals surface area contributed by atoms with Gasteiger partial charge in [-0.1, -0.05) is 17.7 Å². The van der Waals surface area contributed by atoms with E-state index in [1.54, 1.807) is 7.11 Å². The summed E-state index contributed by atoms with van der Waals surface area (Å²) in [5, 5.41) is 7.98. The maximum absolute atomic E-state index is 12.7. The number of hydrogen-bond acceptors (Lipinski definition) is 5. The van der Waals surface area contributed by atoms with Crippen LogP contribution in [0, 0.1) is 6.92 Å². The summed E-state index contributed by atoms with van der Waals surface area (Å²) < 4.78 is 33.6. The summed E-state index contributed by atoms with van der Waals surface area (Å²) in [5.41, 5.74) is 1.91. The second-order valence-corrected chi connectivity index (χ2v) is 7.41. The number of sulfonamides is 1. The van der Waals surface area contributed by atoms with Gasteiger partial charge in [0.2, 0.25) is 10.0 Å². The van der Waals surface area contributed by atoms with E-state index in [-0.39, 0.29) is 22.3 Å². The summed E-state index contributed by atoms with van der Waals surface area (Å²) in [6.07, 6.45) is 0. The Kier molecular flexibility index (Phi) is 5.89. The van der Waals surface area contributed by atoms with Crippen molar-refractivity contribution in [1.29, 1.82) is 0 Å². The second-order valence-electron chi connectivity index (χ2n) is 5.85. The Labute approximate surface area is 153 Å². The minimum absolute atomic E-state index is 0.0810. The molecule has 3 N–H and O–H groups in total. The average Bonchev–Trinajstić information content (AvgIpc) is 2.60. The van der Waals surface area contributed by atoms with Crippen molar-refractivity contribution < 1.29 is 22.7 Å². The lowest BCUT2D eigenvalue weighted by Crippen LogP contribution is -2.27. The molecule has 0 radical (unpaired) electrons. The molecule has 2 aromatic rings. The van der Waals surface area contributed by atoms with Gasteiger partial charge < -0.3 is 14.8 Å². The van der Waals surface area contributed by atoms with Crippen molar-refractivity contribution in [2.45, 2.75) is 24.8 Å². The fraction of sp³-hybridized carbons (Fsp3) is 0.278. The van der Waals surface area contributed by atoms with Crippen LogP contribution in [0.2, 0.25) is 0 Å². The smallest absolute Gasteiger partial charge is 0.255 e. The molecular weight excluding hydrogens is 356 g/mol. The maximum atomic E-state index is 12.7. The highest BCUT2D eigenvalue weighted by Gasteiger charge is 2.20. The van der Waals surface area contributed by atoms with Gasteiger partial charge in [-0.25, -0.2) is 13.6 Å². The van der Waals surface area contributed by atoms with Crippen LogP contribution in [0.3, 0.4) is 0 Å². The molecule has 0 saturated carbocycles. The van der Waals surface area contributed by atoms with E-state index in [0.29, 0.717) is 5.75 Å². The van der Waals surface area contributed by atoms with E-state index in [2.05, 4.69) is 5.32 Å². The predicted molar refractivity (Wildman–Crippen MR) is 98.0 cm³/mol. The van der Waals surface area contributed by atoms with Crippen molar-refractivity contribution in [2.24, 2.45) is 5.14 Å². The van der Waals surface area contributed by atoms with E-state index >= 15 is 0 Å². The van der Waals surface area contributed by atoms with E-state index in [4.69, 9.17) is 14.6 Å². The molecule has 7 nitrogen and oxygen atoms in total. The number of rotatable bonds is 6. The van der Waals surface area contributed by atoms with E-state index in [0.717, 1.165) is 11.1 Å². The molecule has 0 aliphatic carbocycles. The molecular formula is C18H22N2O5S. The largest absolute Gasteiger partial charge is 0.496 e. The minimum atomic E-state index is -3.94. The van der Waals surface area contributed by atoms with Crippen molar-refractivity contribution in [2.75, 3.05) is 14.2 Å². The zero-order valence-electron chi connectivity index (χ0n) is 15.1. The minimum Gasteiger partial charge on any atom is -0.496 e. The summed E-state index contributed by atoms with van der Waals surface area (Å²) >= 11 is 0. The normalized spacial score (nSPS) is 12.3. The molecule has 8 heteroatoms. The van der Waals surface area contributed by atoms with Crippen LogP contribution in [-0.4, -0.2) is 28.5 Å². The first-order chi connectivity index (χ1) is 12.2. The molecule has 1 amide bonds. The summed E-state index contributed by atoms with van der Waals surface area (Å²) in [7, 11) is -0.981. The SMILES string of the molecule is COc1ccc(S(N)(=O)=O)cc1C(=O)NC(C)c1cc(C)ccc1OC. The standard InChI is InChI=1S/C18H22N2O5S/c1-11-5-7-16(24-3)14(9-11)12(2)20-18(21)15-10-13(26(19,22)23)6-8-17(15)25-4/h5-10,12H,1-4H3,(H,20,21)(H2,19,22,23). The summed E-state index contributed by atoms with van der Waals surface area (Å²) in [4.78, 5) is 12.5. The number of amides is 1. The first kappa shape index (κ1) is 19.7. The van der Waals surface area contributed by atoms with Gasteiger partial charge in [-0.3, -0.25) is 4.79 Å². The Bertz CT molecular complexity index is 925. The van der Waals surface area contributed by atoms with Crippen molar-refractivity contribution in [3.63, 3.8) is 0 Å². The highest BCUT2D eigenvalue weighted by molar-refractivity contribution is 7.89. The molecule has 2 rings (SSSR count). The fourth-order valence-electron chi connectivity index (χ4n) is 2.59. The molecule has 1 atom stereocenters. The Morgan fingerprint density at radius 1 is 1.08 bits per heavy atom. The van der Waals surface area contributed by atoms with Gasteiger partial charge in [0.1, 0.15) is 11.5 Å². The number of benzene rings is 2. The van der Waals surface area contributed by atoms with Crippen LogP contribution in [0.15, 0.2) is 41.3 Å². The van der Waals surface area contributed by atoms with Crippen LogP contribution in [-0.2, 0) is 10.0 Å². The van der Waals surface area contributed by atoms with Gasteiger partial charge in [0, 0.05) is 5.56 Å². The summed E-state index contributed by atoms with van der Waals surface area (Å²) in [6.45, 7) is 3.75. The Morgan fingerprint density at radius 2 is 1.69 bits per heavy atom. The molecule has 1 unspecified atom stereocenters. The maximum Gasteiger partial charge on any atom is 0.255 e. The van der Waals surface area contributed by atoms with E-state index in [1.807, 2.05) is 32.0 Å². The monoisotopic (exact) mass is 378 g/mol. The molecule has 0 aliphatic rings. The number of hydrogen-bond donors (Lipinski definition) is 2. The Balaban J connectivity index is 2.36. The number of primary sulfonamides is 1. The van der Waals surface area contributed by atoms with Crippen molar-refractivity contribution in [1.82, 2.24) is 5.32 Å². The zero-order chi connectivity index (χ0) is 19.5. The summed E-state index contributed by atoms with van der Waals surface area (Å²) in [5.74, 6) is 0.412. The number of aryl methyl sites for hydroxylation is 1. The molecule has 0 bridgehead atoms. The first-order valence-corrected chi connectivity index (χ1v) is 9.38. The number of carbonyl (C=O) groups is 1. The third-order valence-electron chi connectivity index (χ3n) is 3.94. The number of ether oxygens (including phenoxy) is 2. The third kappa shape index (κ3) is 4.33. The second kappa shape index (κ2) is 7.76. The molecule has 26 heavy (non-hydrogen) atoms. The van der Waals surface area contributed by atoms with Gasteiger partial charge in [-0.05, 0) is 38.1 Å². The average molecular weight is 378 g/mol. The van der Waals surface area contributed by atoms with E-state index < -0.39 is 15.9 Å². The van der Waals surface area contributed by atoms with Crippen molar-refractivity contribution in [3.8, 4) is 11.5 Å². The first-order valence-electron chi connectivity index (χ1n) is 7.83. The quantitative estimate of drug-likeness (QED) is 0.801. The topological polar surface area (TPSA) is 108 Å². The van der Waals surface area contributed by atoms with Crippen molar-refractivity contribution in [3.05, 3.63) is 53.1 Å². The highest BCUT2D eigenvalue weighted by atomic mass is 32.2. The molecule has 0 spiro atoms.